The minimum Gasteiger partial charge on any atom is -0.380 e. The van der Waals surface area contributed by atoms with Crippen LogP contribution in [-0.4, -0.2) is 24.7 Å². The maximum atomic E-state index is 5.29. The predicted molar refractivity (Wildman–Crippen MR) is 50.7 cm³/mol. The van der Waals surface area contributed by atoms with E-state index in [1.54, 1.807) is 7.11 Å². The minimum atomic E-state index is 0.345. The normalized spacial score (nSPS) is 18.3. The maximum Gasteiger partial charge on any atom is 0.0747 e. The van der Waals surface area contributed by atoms with Crippen LogP contribution >= 0.6 is 0 Å². The van der Waals surface area contributed by atoms with E-state index in [0.717, 1.165) is 19.4 Å². The van der Waals surface area contributed by atoms with Gasteiger partial charge in [-0.3, -0.25) is 0 Å². The van der Waals surface area contributed by atoms with Gasteiger partial charge in [0.25, 0.3) is 0 Å². The third-order valence-electron chi connectivity index (χ3n) is 2.07. The number of rotatable bonds is 4. The lowest BCUT2D eigenvalue weighted by molar-refractivity contribution is 0.0833. The van der Waals surface area contributed by atoms with E-state index in [1.165, 1.54) is 0 Å². The first kappa shape index (κ1) is 9.33. The molecule has 0 amide bonds. The van der Waals surface area contributed by atoms with Crippen molar-refractivity contribution in [2.45, 2.75) is 25.9 Å². The summed E-state index contributed by atoms with van der Waals surface area (Å²) in [6.07, 6.45) is 11.0. The van der Waals surface area contributed by atoms with Gasteiger partial charge in [0.2, 0.25) is 0 Å². The van der Waals surface area contributed by atoms with Gasteiger partial charge in [0.1, 0.15) is 0 Å². The van der Waals surface area contributed by atoms with Crippen molar-refractivity contribution in [3.8, 4) is 0 Å². The average molecular weight is 167 g/mol. The molecule has 1 rings (SSSR count). The van der Waals surface area contributed by atoms with Crippen LogP contribution in [0.5, 0.6) is 0 Å². The van der Waals surface area contributed by atoms with Gasteiger partial charge in [-0.05, 0) is 25.2 Å². The number of allylic oxidation sites excluding steroid dienone is 2. The Morgan fingerprint density at radius 3 is 2.58 bits per heavy atom. The van der Waals surface area contributed by atoms with Crippen LogP contribution in [0.1, 0.15) is 19.8 Å². The molecule has 2 heteroatoms. The fourth-order valence-corrected chi connectivity index (χ4v) is 1.25. The molecule has 0 spiro atoms. The van der Waals surface area contributed by atoms with Crippen LogP contribution in [0.2, 0.25) is 0 Å². The van der Waals surface area contributed by atoms with E-state index >= 15 is 0 Å². The first-order valence-corrected chi connectivity index (χ1v) is 4.48. The van der Waals surface area contributed by atoms with Crippen LogP contribution in [-0.2, 0) is 4.74 Å². The van der Waals surface area contributed by atoms with E-state index in [1.807, 2.05) is 0 Å². The van der Waals surface area contributed by atoms with Crippen molar-refractivity contribution in [2.75, 3.05) is 13.7 Å². The molecule has 0 aromatic heterocycles. The molecule has 2 nitrogen and oxygen atoms in total. The van der Waals surface area contributed by atoms with Gasteiger partial charge in [-0.25, -0.2) is 0 Å². The molecule has 0 saturated heterocycles. The number of hydrogen-bond donors (Lipinski definition) is 0. The second kappa shape index (κ2) is 4.99. The zero-order chi connectivity index (χ0) is 8.81. The molecule has 0 fully saturated rings. The lowest BCUT2D eigenvalue weighted by Crippen LogP contribution is -2.26. The second-order valence-electron chi connectivity index (χ2n) is 2.97. The van der Waals surface area contributed by atoms with Crippen molar-refractivity contribution in [1.29, 1.82) is 0 Å². The monoisotopic (exact) mass is 167 g/mol. The highest BCUT2D eigenvalue weighted by Gasteiger charge is 2.07. The van der Waals surface area contributed by atoms with E-state index in [0.29, 0.717) is 6.10 Å². The van der Waals surface area contributed by atoms with Crippen LogP contribution < -0.4 is 0 Å². The van der Waals surface area contributed by atoms with Crippen LogP contribution in [0.3, 0.4) is 0 Å². The van der Waals surface area contributed by atoms with Crippen molar-refractivity contribution >= 4 is 0 Å². The van der Waals surface area contributed by atoms with Gasteiger partial charge >= 0.3 is 0 Å². The van der Waals surface area contributed by atoms with Crippen molar-refractivity contribution in [1.82, 2.24) is 4.90 Å². The molecular weight excluding hydrogens is 150 g/mol. The molecule has 0 aliphatic carbocycles. The predicted octanol–water partition coefficient (Wildman–Crippen LogP) is 2.14. The van der Waals surface area contributed by atoms with E-state index in [4.69, 9.17) is 4.74 Å². The van der Waals surface area contributed by atoms with Crippen molar-refractivity contribution < 1.29 is 4.74 Å². The Hall–Kier alpha value is -0.760. The lowest BCUT2D eigenvalue weighted by atomic mass is 10.2. The summed E-state index contributed by atoms with van der Waals surface area (Å²) >= 11 is 0. The van der Waals surface area contributed by atoms with Gasteiger partial charge in [-0.2, -0.15) is 0 Å². The van der Waals surface area contributed by atoms with E-state index in [2.05, 4.69) is 36.4 Å². The maximum absolute atomic E-state index is 5.29. The summed E-state index contributed by atoms with van der Waals surface area (Å²) in [6.45, 7) is 3.10. The van der Waals surface area contributed by atoms with Crippen molar-refractivity contribution in [3.63, 3.8) is 0 Å². The smallest absolute Gasteiger partial charge is 0.0747 e. The quantitative estimate of drug-likeness (QED) is 0.636. The van der Waals surface area contributed by atoms with E-state index < -0.39 is 0 Å². The van der Waals surface area contributed by atoms with Gasteiger partial charge < -0.3 is 9.64 Å². The lowest BCUT2D eigenvalue weighted by Gasteiger charge is -2.22. The number of methoxy groups -OCH3 is 1. The summed E-state index contributed by atoms with van der Waals surface area (Å²) in [6, 6.07) is 0. The zero-order valence-corrected chi connectivity index (χ0v) is 7.86. The molecule has 1 heterocycles. The molecule has 0 saturated carbocycles. The molecule has 1 aliphatic heterocycles. The Morgan fingerprint density at radius 1 is 1.42 bits per heavy atom. The summed E-state index contributed by atoms with van der Waals surface area (Å²) in [5.74, 6) is 0. The summed E-state index contributed by atoms with van der Waals surface area (Å²) in [5.41, 5.74) is 0. The SMILES string of the molecule is CCC(CN1C=CCC=C1)OC. The topological polar surface area (TPSA) is 12.5 Å². The molecule has 1 unspecified atom stereocenters. The number of ether oxygens (including phenoxy) is 1. The molecule has 12 heavy (non-hydrogen) atoms. The van der Waals surface area contributed by atoms with Gasteiger partial charge in [0, 0.05) is 13.7 Å². The molecular formula is C10H17NO. The Morgan fingerprint density at radius 2 is 2.08 bits per heavy atom. The van der Waals surface area contributed by atoms with Crippen LogP contribution in [0.15, 0.2) is 24.6 Å². The van der Waals surface area contributed by atoms with Gasteiger partial charge in [0.15, 0.2) is 0 Å². The standard InChI is InChI=1S/C10H17NO/c1-3-10(12-2)9-11-7-5-4-6-8-11/h5-8,10H,3-4,9H2,1-2H3. The molecule has 0 aromatic rings. The summed E-state index contributed by atoms with van der Waals surface area (Å²) in [7, 11) is 1.77. The van der Waals surface area contributed by atoms with Crippen LogP contribution in [0.4, 0.5) is 0 Å². The fraction of sp³-hybridized carbons (Fsp3) is 0.600. The molecule has 68 valence electrons. The molecule has 0 aromatic carbocycles. The molecule has 0 N–H and O–H groups in total. The second-order valence-corrected chi connectivity index (χ2v) is 2.97. The summed E-state index contributed by atoms with van der Waals surface area (Å²) < 4.78 is 5.29. The Kier molecular flexibility index (Phi) is 3.88. The highest BCUT2D eigenvalue weighted by Crippen LogP contribution is 2.06. The van der Waals surface area contributed by atoms with Gasteiger partial charge in [-0.15, -0.1) is 0 Å². The molecule has 1 aliphatic rings. The number of hydrogen-bond acceptors (Lipinski definition) is 2. The van der Waals surface area contributed by atoms with E-state index in [-0.39, 0.29) is 0 Å². The fourth-order valence-electron chi connectivity index (χ4n) is 1.25. The van der Waals surface area contributed by atoms with Crippen molar-refractivity contribution in [3.05, 3.63) is 24.6 Å². The molecule has 0 bridgehead atoms. The molecule has 1 atom stereocenters. The largest absolute Gasteiger partial charge is 0.380 e. The first-order valence-electron chi connectivity index (χ1n) is 4.48. The van der Waals surface area contributed by atoms with E-state index in [9.17, 15) is 0 Å². The van der Waals surface area contributed by atoms with Crippen molar-refractivity contribution in [2.24, 2.45) is 0 Å². The third-order valence-corrected chi connectivity index (χ3v) is 2.07. The summed E-state index contributed by atoms with van der Waals surface area (Å²) in [5, 5.41) is 0. The zero-order valence-electron chi connectivity index (χ0n) is 7.86. The average Bonchev–Trinajstić information content (AvgIpc) is 2.16. The van der Waals surface area contributed by atoms with Gasteiger partial charge in [-0.1, -0.05) is 19.1 Å². The highest BCUT2D eigenvalue weighted by molar-refractivity contribution is 5.02. The minimum absolute atomic E-state index is 0.345. The van der Waals surface area contributed by atoms with Crippen LogP contribution in [0, 0.1) is 0 Å². The highest BCUT2D eigenvalue weighted by atomic mass is 16.5. The Balaban J connectivity index is 2.33. The Bertz CT molecular complexity index is 159. The Labute approximate surface area is 74.5 Å². The molecule has 0 radical (unpaired) electrons. The first-order chi connectivity index (χ1) is 5.86. The third kappa shape index (κ3) is 2.70. The summed E-state index contributed by atoms with van der Waals surface area (Å²) in [4.78, 5) is 2.17. The number of nitrogens with zero attached hydrogens (tertiary/aromatic N) is 1. The van der Waals surface area contributed by atoms with Crippen LogP contribution in [0.25, 0.3) is 0 Å². The van der Waals surface area contributed by atoms with Gasteiger partial charge in [0.05, 0.1) is 6.10 Å².